The van der Waals surface area contributed by atoms with Crippen LogP contribution in [0.5, 0.6) is 0 Å². The van der Waals surface area contributed by atoms with Crippen LogP contribution in [0, 0.1) is 0 Å². The Kier molecular flexibility index (Phi) is 3.27. The zero-order valence-electron chi connectivity index (χ0n) is 10.8. The van der Waals surface area contributed by atoms with Gasteiger partial charge in [0, 0.05) is 19.3 Å². The van der Waals surface area contributed by atoms with Crippen LogP contribution in [0.2, 0.25) is 0 Å². The molecule has 0 saturated heterocycles. The van der Waals surface area contributed by atoms with E-state index in [9.17, 15) is 9.90 Å². The minimum atomic E-state index is -0.825. The summed E-state index contributed by atoms with van der Waals surface area (Å²) in [6.45, 7) is 0.517. The number of aliphatic hydroxyl groups excluding tert-OH is 1. The van der Waals surface area contributed by atoms with Crippen molar-refractivity contribution >= 4 is 27.6 Å². The Morgan fingerprint density at radius 1 is 1.40 bits per heavy atom. The van der Waals surface area contributed by atoms with Gasteiger partial charge in [-0.15, -0.1) is 0 Å². The number of nitrogens with one attached hydrogen (secondary N) is 1. The van der Waals surface area contributed by atoms with E-state index in [0.717, 1.165) is 16.8 Å². The van der Waals surface area contributed by atoms with Gasteiger partial charge in [-0.1, -0.05) is 6.07 Å². The highest BCUT2D eigenvalue weighted by molar-refractivity contribution is 9.10. The number of carbonyl (C=O) groups is 1. The van der Waals surface area contributed by atoms with Crippen molar-refractivity contribution in [2.45, 2.75) is 12.6 Å². The molecule has 0 fully saturated rings. The average molecular weight is 337 g/mol. The van der Waals surface area contributed by atoms with E-state index in [-0.39, 0.29) is 6.03 Å². The lowest BCUT2D eigenvalue weighted by Gasteiger charge is -2.26. The molecule has 0 spiro atoms. The highest BCUT2D eigenvalue weighted by Gasteiger charge is 2.21. The third kappa shape index (κ3) is 2.32. The van der Waals surface area contributed by atoms with Crippen LogP contribution >= 0.6 is 15.9 Å². The van der Waals surface area contributed by atoms with E-state index in [1.165, 1.54) is 0 Å². The molecule has 2 N–H and O–H groups in total. The molecule has 0 radical (unpaired) electrons. The van der Waals surface area contributed by atoms with E-state index in [1.807, 2.05) is 6.07 Å². The van der Waals surface area contributed by atoms with E-state index in [0.29, 0.717) is 17.0 Å². The Labute approximate surface area is 124 Å². The lowest BCUT2D eigenvalue weighted by atomic mass is 10.0. The molecule has 1 aliphatic rings. The van der Waals surface area contributed by atoms with Crippen molar-refractivity contribution in [3.8, 4) is 0 Å². The van der Waals surface area contributed by atoms with Crippen molar-refractivity contribution < 1.29 is 14.3 Å². The van der Waals surface area contributed by atoms with Gasteiger partial charge in [0.15, 0.2) is 4.67 Å². The quantitative estimate of drug-likeness (QED) is 0.885. The third-order valence-electron chi connectivity index (χ3n) is 3.30. The molecule has 1 atom stereocenters. The van der Waals surface area contributed by atoms with Crippen LogP contribution in [0.3, 0.4) is 0 Å². The topological polar surface area (TPSA) is 65.7 Å². The summed E-state index contributed by atoms with van der Waals surface area (Å²) >= 11 is 3.22. The number of hydrogen-bond acceptors (Lipinski definition) is 3. The molecule has 0 saturated carbocycles. The highest BCUT2D eigenvalue weighted by Crippen LogP contribution is 2.30. The maximum absolute atomic E-state index is 11.5. The Hall–Kier alpha value is -1.79. The summed E-state index contributed by atoms with van der Waals surface area (Å²) in [6, 6.07) is 8.81. The van der Waals surface area contributed by atoms with Gasteiger partial charge in [-0.3, -0.25) is 0 Å². The molecule has 2 aromatic rings. The Bertz CT molecular complexity index is 668. The summed E-state index contributed by atoms with van der Waals surface area (Å²) in [7, 11) is 1.73. The Morgan fingerprint density at radius 2 is 2.20 bits per heavy atom. The van der Waals surface area contributed by atoms with Crippen molar-refractivity contribution in [2.24, 2.45) is 0 Å². The molecule has 1 aliphatic heterocycles. The summed E-state index contributed by atoms with van der Waals surface area (Å²) in [6.07, 6.45) is -0.825. The predicted octanol–water partition coefficient (Wildman–Crippen LogP) is 3.10. The van der Waals surface area contributed by atoms with E-state index < -0.39 is 6.10 Å². The Balaban J connectivity index is 1.92. The maximum atomic E-state index is 11.5. The molecule has 2 amide bonds. The van der Waals surface area contributed by atoms with Gasteiger partial charge in [-0.25, -0.2) is 4.79 Å². The van der Waals surface area contributed by atoms with E-state index in [4.69, 9.17) is 4.42 Å². The molecule has 5 nitrogen and oxygen atoms in total. The number of halogens is 1. The first kappa shape index (κ1) is 13.2. The normalized spacial score (nSPS) is 15.8. The maximum Gasteiger partial charge on any atom is 0.321 e. The van der Waals surface area contributed by atoms with Crippen LogP contribution in [0.25, 0.3) is 0 Å². The second-order valence-electron chi connectivity index (χ2n) is 4.75. The molecule has 0 aliphatic carbocycles. The number of anilines is 1. The average Bonchev–Trinajstić information content (AvgIpc) is 2.85. The van der Waals surface area contributed by atoms with Gasteiger partial charge < -0.3 is 19.7 Å². The van der Waals surface area contributed by atoms with E-state index in [2.05, 4.69) is 21.2 Å². The van der Waals surface area contributed by atoms with E-state index in [1.54, 1.807) is 36.2 Å². The highest BCUT2D eigenvalue weighted by atomic mass is 79.9. The molecule has 1 aromatic carbocycles. The molecular formula is C14H13BrN2O3. The minimum Gasteiger partial charge on any atom is -0.451 e. The zero-order chi connectivity index (χ0) is 14.3. The van der Waals surface area contributed by atoms with Gasteiger partial charge in [0.25, 0.3) is 0 Å². The zero-order valence-corrected chi connectivity index (χ0v) is 12.3. The molecule has 1 aromatic heterocycles. The van der Waals surface area contributed by atoms with Gasteiger partial charge in [-0.05, 0) is 51.3 Å². The van der Waals surface area contributed by atoms with Crippen molar-refractivity contribution in [3.63, 3.8) is 0 Å². The summed E-state index contributed by atoms with van der Waals surface area (Å²) < 4.78 is 5.95. The number of nitrogens with zero attached hydrogens (tertiary/aromatic N) is 1. The van der Waals surface area contributed by atoms with Crippen molar-refractivity contribution in [3.05, 3.63) is 51.9 Å². The lowest BCUT2D eigenvalue weighted by Crippen LogP contribution is -2.35. The second kappa shape index (κ2) is 4.96. The summed E-state index contributed by atoms with van der Waals surface area (Å²) in [4.78, 5) is 13.1. The fraction of sp³-hybridized carbons (Fsp3) is 0.214. The summed E-state index contributed by atoms with van der Waals surface area (Å²) in [5.41, 5.74) is 2.48. The van der Waals surface area contributed by atoms with Crippen molar-refractivity contribution in [1.29, 1.82) is 0 Å². The Morgan fingerprint density at radius 3 is 2.90 bits per heavy atom. The monoisotopic (exact) mass is 336 g/mol. The van der Waals surface area contributed by atoms with Crippen LogP contribution in [0.4, 0.5) is 10.5 Å². The van der Waals surface area contributed by atoms with Crippen LogP contribution in [-0.2, 0) is 6.54 Å². The van der Waals surface area contributed by atoms with Crippen LogP contribution in [0.15, 0.2) is 39.4 Å². The van der Waals surface area contributed by atoms with Crippen LogP contribution < -0.4 is 5.32 Å². The molecule has 2 heterocycles. The summed E-state index contributed by atoms with van der Waals surface area (Å²) in [5, 5.41) is 13.1. The molecule has 0 bridgehead atoms. The van der Waals surface area contributed by atoms with Gasteiger partial charge in [-0.2, -0.15) is 0 Å². The number of furan rings is 1. The second-order valence-corrected chi connectivity index (χ2v) is 5.53. The SMILES string of the molecule is CN1Cc2cc(C(O)c3ccc(Br)o3)ccc2NC1=O. The fourth-order valence-corrected chi connectivity index (χ4v) is 2.53. The first-order valence-corrected chi connectivity index (χ1v) is 6.92. The number of carbonyl (C=O) groups excluding carboxylic acids is 1. The molecule has 6 heteroatoms. The smallest absolute Gasteiger partial charge is 0.321 e. The lowest BCUT2D eigenvalue weighted by molar-refractivity contribution is 0.187. The number of hydrogen-bond donors (Lipinski definition) is 2. The predicted molar refractivity (Wildman–Crippen MR) is 77.4 cm³/mol. The fourth-order valence-electron chi connectivity index (χ4n) is 2.21. The molecule has 1 unspecified atom stereocenters. The molecule has 3 rings (SSSR count). The van der Waals surface area contributed by atoms with Gasteiger partial charge >= 0.3 is 6.03 Å². The molecule has 104 valence electrons. The van der Waals surface area contributed by atoms with Gasteiger partial charge in [0.05, 0.1) is 0 Å². The van der Waals surface area contributed by atoms with Gasteiger partial charge in [0.2, 0.25) is 0 Å². The summed E-state index contributed by atoms with van der Waals surface area (Å²) in [5.74, 6) is 0.477. The number of fused-ring (bicyclic) bond motifs is 1. The largest absolute Gasteiger partial charge is 0.451 e. The number of amides is 2. The molecular weight excluding hydrogens is 324 g/mol. The number of benzene rings is 1. The van der Waals surface area contributed by atoms with E-state index >= 15 is 0 Å². The van der Waals surface area contributed by atoms with Crippen LogP contribution in [-0.4, -0.2) is 23.1 Å². The third-order valence-corrected chi connectivity index (χ3v) is 3.73. The number of aliphatic hydroxyl groups is 1. The molecule has 20 heavy (non-hydrogen) atoms. The first-order valence-electron chi connectivity index (χ1n) is 6.13. The van der Waals surface area contributed by atoms with Crippen molar-refractivity contribution in [2.75, 3.05) is 12.4 Å². The first-order chi connectivity index (χ1) is 9.54. The number of urea groups is 1. The minimum absolute atomic E-state index is 0.124. The number of rotatable bonds is 2. The standard InChI is InChI=1S/C14H13BrN2O3/c1-17-7-9-6-8(2-3-10(9)16-14(17)19)13(18)11-4-5-12(15)20-11/h2-6,13,18H,7H2,1H3,(H,16,19). The van der Waals surface area contributed by atoms with Crippen LogP contribution in [0.1, 0.15) is 23.0 Å². The van der Waals surface area contributed by atoms with Crippen molar-refractivity contribution in [1.82, 2.24) is 4.90 Å². The van der Waals surface area contributed by atoms with Gasteiger partial charge in [0.1, 0.15) is 11.9 Å².